The number of aliphatic carboxylic acids is 1. The summed E-state index contributed by atoms with van der Waals surface area (Å²) in [5.41, 5.74) is -0.974. The van der Waals surface area contributed by atoms with Gasteiger partial charge in [-0.25, -0.2) is 4.79 Å². The Hall–Kier alpha value is -1.06. The largest absolute Gasteiger partial charge is 0.480 e. The van der Waals surface area contributed by atoms with Crippen molar-refractivity contribution in [1.82, 2.24) is 5.32 Å². The van der Waals surface area contributed by atoms with Crippen molar-refractivity contribution in [3.05, 3.63) is 0 Å². The van der Waals surface area contributed by atoms with Gasteiger partial charge in [0.05, 0.1) is 0 Å². The van der Waals surface area contributed by atoms with Crippen molar-refractivity contribution in [2.75, 3.05) is 0 Å². The monoisotopic (exact) mass is 267 g/mol. The minimum atomic E-state index is -0.974. The van der Waals surface area contributed by atoms with Crippen molar-refractivity contribution in [1.29, 1.82) is 0 Å². The number of hydrogen-bond acceptors (Lipinski definition) is 2. The zero-order chi connectivity index (χ0) is 13.9. The van der Waals surface area contributed by atoms with Gasteiger partial charge in [-0.15, -0.1) is 0 Å². The van der Waals surface area contributed by atoms with Gasteiger partial charge in [0, 0.05) is 5.92 Å². The lowest BCUT2D eigenvalue weighted by Gasteiger charge is -2.31. The molecule has 19 heavy (non-hydrogen) atoms. The van der Waals surface area contributed by atoms with Crippen molar-refractivity contribution in [3.63, 3.8) is 0 Å². The first kappa shape index (κ1) is 14.4. The Labute approximate surface area is 115 Å². The molecular formula is C15H25NO3. The first-order valence-electron chi connectivity index (χ1n) is 7.63. The molecule has 4 nitrogen and oxygen atoms in total. The fourth-order valence-corrected chi connectivity index (χ4v) is 3.54. The summed E-state index contributed by atoms with van der Waals surface area (Å²) in [5.74, 6) is -0.108. The standard InChI is InChI=1S/C15H25NO3/c1-2-11-5-7-12(8-6-11)13(17)16-15(14(18)19)9-3-4-10-15/h11-12H,2-10H2,1H3,(H,16,17)(H,18,19). The number of amides is 1. The van der Waals surface area contributed by atoms with Crippen molar-refractivity contribution >= 4 is 11.9 Å². The Kier molecular flexibility index (Phi) is 4.48. The summed E-state index contributed by atoms with van der Waals surface area (Å²) in [4.78, 5) is 23.7. The number of hydrogen-bond donors (Lipinski definition) is 2. The minimum absolute atomic E-state index is 0.0274. The van der Waals surface area contributed by atoms with Gasteiger partial charge in [-0.05, 0) is 44.4 Å². The van der Waals surface area contributed by atoms with E-state index in [1.54, 1.807) is 0 Å². The maximum absolute atomic E-state index is 12.3. The van der Waals surface area contributed by atoms with Gasteiger partial charge in [0.25, 0.3) is 0 Å². The van der Waals surface area contributed by atoms with Gasteiger partial charge in [-0.1, -0.05) is 26.2 Å². The SMILES string of the molecule is CCC1CCC(C(=O)NC2(C(=O)O)CCCC2)CC1. The molecule has 0 unspecified atom stereocenters. The molecule has 0 heterocycles. The summed E-state index contributed by atoms with van der Waals surface area (Å²) >= 11 is 0. The summed E-state index contributed by atoms with van der Waals surface area (Å²) < 4.78 is 0. The first-order valence-corrected chi connectivity index (χ1v) is 7.63. The van der Waals surface area contributed by atoms with Crippen LogP contribution in [0, 0.1) is 11.8 Å². The van der Waals surface area contributed by atoms with Crippen molar-refractivity contribution in [2.45, 2.75) is 70.3 Å². The zero-order valence-corrected chi connectivity index (χ0v) is 11.8. The van der Waals surface area contributed by atoms with Gasteiger partial charge >= 0.3 is 5.97 Å². The van der Waals surface area contributed by atoms with E-state index in [2.05, 4.69) is 12.2 Å². The lowest BCUT2D eigenvalue weighted by Crippen LogP contribution is -2.54. The fourth-order valence-electron chi connectivity index (χ4n) is 3.54. The number of nitrogens with one attached hydrogen (secondary N) is 1. The van der Waals surface area contributed by atoms with E-state index in [0.29, 0.717) is 12.8 Å². The molecule has 2 rings (SSSR count). The van der Waals surface area contributed by atoms with Gasteiger partial charge in [-0.2, -0.15) is 0 Å². The van der Waals surface area contributed by atoms with Crippen LogP contribution in [0.2, 0.25) is 0 Å². The molecule has 4 heteroatoms. The second-order valence-corrected chi connectivity index (χ2v) is 6.21. The van der Waals surface area contributed by atoms with E-state index in [0.717, 1.165) is 44.4 Å². The third-order valence-electron chi connectivity index (χ3n) is 5.02. The molecule has 2 saturated carbocycles. The van der Waals surface area contributed by atoms with Crippen LogP contribution in [0.5, 0.6) is 0 Å². The third-order valence-corrected chi connectivity index (χ3v) is 5.02. The minimum Gasteiger partial charge on any atom is -0.480 e. The maximum atomic E-state index is 12.3. The van der Waals surface area contributed by atoms with E-state index in [4.69, 9.17) is 0 Å². The first-order chi connectivity index (χ1) is 9.07. The highest BCUT2D eigenvalue weighted by molar-refractivity contribution is 5.88. The van der Waals surface area contributed by atoms with Crippen LogP contribution in [0.3, 0.4) is 0 Å². The van der Waals surface area contributed by atoms with Gasteiger partial charge in [0.1, 0.15) is 5.54 Å². The average Bonchev–Trinajstić information content (AvgIpc) is 2.88. The molecular weight excluding hydrogens is 242 g/mol. The number of carboxylic acids is 1. The highest BCUT2D eigenvalue weighted by Gasteiger charge is 2.43. The second kappa shape index (κ2) is 5.93. The van der Waals surface area contributed by atoms with Crippen LogP contribution >= 0.6 is 0 Å². The smallest absolute Gasteiger partial charge is 0.329 e. The molecule has 2 N–H and O–H groups in total. The molecule has 0 atom stereocenters. The van der Waals surface area contributed by atoms with Crippen molar-refractivity contribution in [3.8, 4) is 0 Å². The third kappa shape index (κ3) is 3.10. The Morgan fingerprint density at radius 3 is 2.21 bits per heavy atom. The summed E-state index contributed by atoms with van der Waals surface area (Å²) in [6.45, 7) is 2.20. The van der Waals surface area contributed by atoms with Gasteiger partial charge in [0.15, 0.2) is 0 Å². The molecule has 0 radical (unpaired) electrons. The Morgan fingerprint density at radius 2 is 1.74 bits per heavy atom. The zero-order valence-electron chi connectivity index (χ0n) is 11.8. The van der Waals surface area contributed by atoms with Crippen molar-refractivity contribution < 1.29 is 14.7 Å². The number of carbonyl (C=O) groups excluding carboxylic acids is 1. The molecule has 0 spiro atoms. The normalized spacial score (nSPS) is 29.9. The van der Waals surface area contributed by atoms with Gasteiger partial charge in [-0.3, -0.25) is 4.79 Å². The predicted molar refractivity (Wildman–Crippen MR) is 72.7 cm³/mol. The number of carboxylic acid groups (broad SMARTS) is 1. The van der Waals surface area contributed by atoms with Crippen LogP contribution in [-0.2, 0) is 9.59 Å². The van der Waals surface area contributed by atoms with E-state index in [1.807, 2.05) is 0 Å². The molecule has 0 aliphatic heterocycles. The lowest BCUT2D eigenvalue weighted by molar-refractivity contribution is -0.148. The van der Waals surface area contributed by atoms with Crippen molar-refractivity contribution in [2.24, 2.45) is 11.8 Å². The second-order valence-electron chi connectivity index (χ2n) is 6.21. The summed E-state index contributed by atoms with van der Waals surface area (Å²) in [6, 6.07) is 0. The van der Waals surface area contributed by atoms with Gasteiger partial charge < -0.3 is 10.4 Å². The van der Waals surface area contributed by atoms with Crippen LogP contribution in [-0.4, -0.2) is 22.5 Å². The quantitative estimate of drug-likeness (QED) is 0.823. The van der Waals surface area contributed by atoms with E-state index >= 15 is 0 Å². The summed E-state index contributed by atoms with van der Waals surface area (Å²) in [7, 11) is 0. The van der Waals surface area contributed by atoms with E-state index in [-0.39, 0.29) is 11.8 Å². The van der Waals surface area contributed by atoms with Crippen LogP contribution in [0.15, 0.2) is 0 Å². The summed E-state index contributed by atoms with van der Waals surface area (Å²) in [5, 5.41) is 12.2. The lowest BCUT2D eigenvalue weighted by atomic mass is 9.80. The molecule has 0 bridgehead atoms. The molecule has 2 aliphatic rings. The summed E-state index contributed by atoms with van der Waals surface area (Å²) in [6.07, 6.45) is 8.19. The van der Waals surface area contributed by atoms with Crippen LogP contribution in [0.25, 0.3) is 0 Å². The molecule has 0 aromatic carbocycles. The molecule has 108 valence electrons. The maximum Gasteiger partial charge on any atom is 0.329 e. The number of rotatable bonds is 4. The predicted octanol–water partition coefficient (Wildman–Crippen LogP) is 2.72. The Balaban J connectivity index is 1.92. The van der Waals surface area contributed by atoms with Crippen LogP contribution in [0.4, 0.5) is 0 Å². The molecule has 0 saturated heterocycles. The molecule has 0 aromatic heterocycles. The molecule has 2 aliphatic carbocycles. The van der Waals surface area contributed by atoms with Gasteiger partial charge in [0.2, 0.25) is 5.91 Å². The average molecular weight is 267 g/mol. The van der Waals surface area contributed by atoms with E-state index in [1.165, 1.54) is 6.42 Å². The molecule has 1 amide bonds. The number of carbonyl (C=O) groups is 2. The highest BCUT2D eigenvalue weighted by atomic mass is 16.4. The fraction of sp³-hybridized carbons (Fsp3) is 0.867. The van der Waals surface area contributed by atoms with E-state index < -0.39 is 11.5 Å². The van der Waals surface area contributed by atoms with E-state index in [9.17, 15) is 14.7 Å². The molecule has 2 fully saturated rings. The Morgan fingerprint density at radius 1 is 1.16 bits per heavy atom. The van der Waals surface area contributed by atoms with Crippen LogP contribution < -0.4 is 5.32 Å². The topological polar surface area (TPSA) is 66.4 Å². The Bertz CT molecular complexity index is 339. The van der Waals surface area contributed by atoms with Crippen LogP contribution in [0.1, 0.15) is 64.7 Å². The molecule has 0 aromatic rings. The highest BCUT2D eigenvalue weighted by Crippen LogP contribution is 2.33.